The highest BCUT2D eigenvalue weighted by Gasteiger charge is 2.50. The van der Waals surface area contributed by atoms with E-state index >= 15 is 0 Å². The summed E-state index contributed by atoms with van der Waals surface area (Å²) in [4.78, 5) is 41.3. The minimum atomic E-state index is -4.71. The maximum atomic E-state index is 14.8. The number of nitrogens with one attached hydrogen (secondary N) is 3. The van der Waals surface area contributed by atoms with E-state index in [1.54, 1.807) is 12.3 Å². The van der Waals surface area contributed by atoms with Crippen LogP contribution in [0.5, 0.6) is 11.6 Å². The van der Waals surface area contributed by atoms with Crippen molar-refractivity contribution < 1.29 is 41.8 Å². The second-order valence-electron chi connectivity index (χ2n) is 19.9. The molecule has 5 atom stereocenters. The third-order valence-corrected chi connectivity index (χ3v) is 17.3. The molecule has 2 aromatic heterocycles. The number of hydrogen-bond donors (Lipinski definition) is 3. The number of anilines is 4. The summed E-state index contributed by atoms with van der Waals surface area (Å²) in [5.74, 6) is -0.565. The van der Waals surface area contributed by atoms with E-state index in [4.69, 9.17) is 28.7 Å². The van der Waals surface area contributed by atoms with Crippen LogP contribution in [0, 0.1) is 15.5 Å². The number of aromatic nitrogens is 2. The van der Waals surface area contributed by atoms with Gasteiger partial charge in [-0.1, -0.05) is 31.2 Å². The van der Waals surface area contributed by atoms with Crippen molar-refractivity contribution in [1.82, 2.24) is 19.6 Å². The molecule has 368 valence electrons. The third-order valence-electron chi connectivity index (χ3n) is 16.0. The van der Waals surface area contributed by atoms with Crippen molar-refractivity contribution in [3.05, 3.63) is 99.7 Å². The van der Waals surface area contributed by atoms with E-state index in [1.807, 2.05) is 24.3 Å². The van der Waals surface area contributed by atoms with Gasteiger partial charge in [0.1, 0.15) is 30.1 Å². The number of fused-ring (bicyclic) bond motifs is 4. The molecule has 1 amide bonds. The number of nitro groups is 1. The van der Waals surface area contributed by atoms with Gasteiger partial charge < -0.3 is 43.8 Å². The van der Waals surface area contributed by atoms with Crippen molar-refractivity contribution in [1.29, 1.82) is 0 Å². The molecule has 7 aliphatic rings. The van der Waals surface area contributed by atoms with Gasteiger partial charge in [0.25, 0.3) is 21.6 Å². The van der Waals surface area contributed by atoms with Crippen molar-refractivity contribution >= 4 is 55.4 Å². The number of amides is 1. The van der Waals surface area contributed by atoms with Gasteiger partial charge in [-0.05, 0) is 105 Å². The number of pyridine rings is 1. The number of sulfonamides is 1. The Morgan fingerprint density at radius 2 is 1.77 bits per heavy atom. The summed E-state index contributed by atoms with van der Waals surface area (Å²) in [5.41, 5.74) is 5.54. The first-order valence-corrected chi connectivity index (χ1v) is 26.3. The van der Waals surface area contributed by atoms with Crippen LogP contribution in [0.4, 0.5) is 28.4 Å². The van der Waals surface area contributed by atoms with Gasteiger partial charge in [0.2, 0.25) is 5.88 Å². The van der Waals surface area contributed by atoms with E-state index in [9.17, 15) is 23.3 Å². The third kappa shape index (κ3) is 8.08. The molecule has 3 N–H and O–H groups in total. The number of nitro benzene ring substituents is 1. The van der Waals surface area contributed by atoms with Crippen LogP contribution in [-0.2, 0) is 30.7 Å². The average Bonchev–Trinajstić information content (AvgIpc) is 4.06. The molecule has 19 heteroatoms. The molecule has 1 aliphatic carbocycles. The predicted octanol–water partition coefficient (Wildman–Crippen LogP) is 7.01. The second-order valence-corrected chi connectivity index (χ2v) is 21.6. The fraction of sp³-hybridized carbons (Fsp3) is 0.490. The fourth-order valence-corrected chi connectivity index (χ4v) is 13.3. The molecule has 3 aromatic carbocycles. The molecule has 5 aromatic rings. The lowest BCUT2D eigenvalue weighted by Gasteiger charge is -2.56. The van der Waals surface area contributed by atoms with E-state index < -0.39 is 49.7 Å². The second kappa shape index (κ2) is 18.0. The van der Waals surface area contributed by atoms with Crippen LogP contribution in [0.1, 0.15) is 79.4 Å². The van der Waals surface area contributed by atoms with Gasteiger partial charge in [-0.3, -0.25) is 19.8 Å². The van der Waals surface area contributed by atoms with Crippen molar-refractivity contribution in [2.75, 3.05) is 74.4 Å². The molecular formula is C51H58N8O10S. The van der Waals surface area contributed by atoms with Crippen molar-refractivity contribution in [3.63, 3.8) is 0 Å². The Bertz CT molecular complexity index is 2950. The van der Waals surface area contributed by atoms with E-state index in [0.717, 1.165) is 56.0 Å². The number of ether oxygens (including phenoxy) is 5. The van der Waals surface area contributed by atoms with Crippen LogP contribution in [-0.4, -0.2) is 124 Å². The number of carbonyl (C=O) groups excluding carboxylic acids is 1. The van der Waals surface area contributed by atoms with E-state index in [2.05, 4.69) is 60.9 Å². The van der Waals surface area contributed by atoms with Gasteiger partial charge in [0.15, 0.2) is 11.4 Å². The normalized spacial score (nSPS) is 25.5. The summed E-state index contributed by atoms with van der Waals surface area (Å²) < 4.78 is 60.6. The summed E-state index contributed by atoms with van der Waals surface area (Å²) in [6.07, 6.45) is 9.51. The first-order chi connectivity index (χ1) is 34.0. The smallest absolute Gasteiger partial charge is 0.297 e. The number of likely N-dealkylation sites (tertiary alicyclic amines) is 1. The Hall–Kier alpha value is -5.99. The van der Waals surface area contributed by atoms with Gasteiger partial charge in [-0.25, -0.2) is 13.1 Å². The molecule has 18 nitrogen and oxygen atoms in total. The summed E-state index contributed by atoms with van der Waals surface area (Å²) in [7, 11) is -4.71. The van der Waals surface area contributed by atoms with Crippen LogP contribution >= 0.6 is 0 Å². The molecule has 0 unspecified atom stereocenters. The van der Waals surface area contributed by atoms with Gasteiger partial charge in [-0.2, -0.15) is 4.98 Å². The highest BCUT2D eigenvalue weighted by atomic mass is 32.2. The lowest BCUT2D eigenvalue weighted by Crippen LogP contribution is -2.55. The molecule has 5 fully saturated rings. The Balaban J connectivity index is 0.841. The lowest BCUT2D eigenvalue weighted by molar-refractivity contribution is -0.384. The summed E-state index contributed by atoms with van der Waals surface area (Å²) in [5, 5.41) is 16.4. The Morgan fingerprint density at radius 1 is 0.943 bits per heavy atom. The molecule has 1 spiro atoms. The van der Waals surface area contributed by atoms with E-state index in [0.29, 0.717) is 67.8 Å². The minimum absolute atomic E-state index is 0.0234. The number of H-pyrrole nitrogens is 1. The lowest BCUT2D eigenvalue weighted by atomic mass is 9.59. The van der Waals surface area contributed by atoms with Gasteiger partial charge in [0, 0.05) is 61.2 Å². The molecule has 6 aliphatic heterocycles. The van der Waals surface area contributed by atoms with Crippen molar-refractivity contribution in [2.45, 2.75) is 99.6 Å². The number of aryl methyl sites for hydroxylation is 1. The van der Waals surface area contributed by atoms with E-state index in [-0.39, 0.29) is 41.7 Å². The quantitative estimate of drug-likeness (QED) is 0.0952. The first-order valence-electron chi connectivity index (χ1n) is 24.8. The number of hydrogen-bond acceptors (Lipinski definition) is 15. The molecule has 0 radical (unpaired) electrons. The van der Waals surface area contributed by atoms with E-state index in [1.165, 1.54) is 42.9 Å². The zero-order valence-corrected chi connectivity index (χ0v) is 40.0. The Kier molecular flexibility index (Phi) is 11.6. The first kappa shape index (κ1) is 45.2. The average molecular weight is 975 g/mol. The zero-order valence-electron chi connectivity index (χ0n) is 39.1. The Morgan fingerprint density at radius 3 is 2.59 bits per heavy atom. The van der Waals surface area contributed by atoms with Crippen LogP contribution in [0.15, 0.2) is 77.8 Å². The maximum absolute atomic E-state index is 14.8. The Labute approximate surface area is 406 Å². The van der Waals surface area contributed by atoms with Crippen LogP contribution in [0.3, 0.4) is 0 Å². The molecule has 12 rings (SSSR count). The number of piperidine rings is 1. The molecule has 8 heterocycles. The minimum Gasteiger partial charge on any atom is -0.489 e. The molecule has 70 heavy (non-hydrogen) atoms. The highest BCUT2D eigenvalue weighted by molar-refractivity contribution is 7.90. The summed E-state index contributed by atoms with van der Waals surface area (Å²) >= 11 is 0. The number of carbonyl (C=O) groups is 1. The number of benzene rings is 3. The zero-order chi connectivity index (χ0) is 47.7. The molecule has 0 bridgehead atoms. The van der Waals surface area contributed by atoms with Gasteiger partial charge in [-0.15, -0.1) is 0 Å². The van der Waals surface area contributed by atoms with Crippen LogP contribution in [0.25, 0.3) is 11.0 Å². The highest BCUT2D eigenvalue weighted by Crippen LogP contribution is 2.55. The number of aromatic amines is 1. The number of rotatable bonds is 10. The molecular weight excluding hydrogens is 917 g/mol. The van der Waals surface area contributed by atoms with Crippen molar-refractivity contribution in [2.24, 2.45) is 5.41 Å². The van der Waals surface area contributed by atoms with Crippen LogP contribution in [0.2, 0.25) is 0 Å². The molecule has 4 saturated heterocycles. The van der Waals surface area contributed by atoms with Crippen molar-refractivity contribution in [3.8, 4) is 11.6 Å². The number of nitrogens with zero attached hydrogens (tertiary/aromatic N) is 5. The van der Waals surface area contributed by atoms with Gasteiger partial charge in [0.05, 0.1) is 59.6 Å². The van der Waals surface area contributed by atoms with Crippen LogP contribution < -0.4 is 29.3 Å². The SMILES string of the molecule is CCc1ccccc1[C@@H]1CCCN1C1CC2(CCN(c3ccc(C(=O)NS(=O)(=O)c4cc5c(c([N+](=O)[O-])c4)N[C@H]([C@H]4COCCO4)CO5)c(N4c5cc6cc[nH]c6nc5O[C@H]5COCC[C@@H]54)c3)CC2)C1. The summed E-state index contributed by atoms with van der Waals surface area (Å²) in [6.45, 7) is 6.98. The fourth-order valence-electron chi connectivity index (χ4n) is 12.3. The topological polar surface area (TPSA) is 203 Å². The maximum Gasteiger partial charge on any atom is 0.297 e. The summed E-state index contributed by atoms with van der Waals surface area (Å²) in [6, 6.07) is 20.9. The predicted molar refractivity (Wildman–Crippen MR) is 261 cm³/mol. The molecule has 1 saturated carbocycles. The monoisotopic (exact) mass is 974 g/mol. The standard InChI is InChI=1S/C51H58N8O10S/c1-2-31-6-3-4-7-36(31)39-8-5-16-57(39)34-26-51(27-34)13-17-56(18-14-51)33-9-10-37(41(23-33)58-40-12-19-65-30-46(40)69-50-43(58)22-32-11-15-52-48(32)54-50)49(60)55-70(63,64)35-24-42(59(61)62)47-44(25-35)68-28-38(53-47)45-29-66-20-21-67-45/h3-4,6-7,9-11,15,22-25,34,38-40,45-46,53H,2,5,8,12-14,16-21,26-30H2,1H3,(H,52,54)(H,55,60)/t38-,39-,40-,45+,46-/m0/s1. The van der Waals surface area contributed by atoms with Gasteiger partial charge >= 0.3 is 0 Å². The largest absolute Gasteiger partial charge is 0.489 e.